The van der Waals surface area contributed by atoms with E-state index in [-0.39, 0.29) is 6.04 Å². The fraction of sp³-hybridized carbons (Fsp3) is 0.412. The molecule has 1 aromatic heterocycles. The first kappa shape index (κ1) is 15.1. The molecule has 0 unspecified atom stereocenters. The van der Waals surface area contributed by atoms with Crippen molar-refractivity contribution >= 4 is 23.4 Å². The Hall–Kier alpha value is -1.81. The first-order valence-electron chi connectivity index (χ1n) is 7.77. The topological polar surface area (TPSA) is 55.0 Å². The molecule has 1 saturated heterocycles. The fourth-order valence-corrected chi connectivity index (χ4v) is 3.43. The van der Waals surface area contributed by atoms with Crippen LogP contribution in [0.2, 0.25) is 5.02 Å². The van der Waals surface area contributed by atoms with Gasteiger partial charge in [-0.2, -0.15) is 4.98 Å². The first-order chi connectivity index (χ1) is 10.6. The minimum atomic E-state index is 0.241. The number of nitrogens with two attached hydrogens (primary N) is 1. The Balaban J connectivity index is 2.03. The van der Waals surface area contributed by atoms with E-state index in [4.69, 9.17) is 17.3 Å². The van der Waals surface area contributed by atoms with Gasteiger partial charge in [0.05, 0.1) is 6.04 Å². The monoisotopic (exact) mass is 316 g/mol. The largest absolute Gasteiger partial charge is 0.368 e. The van der Waals surface area contributed by atoms with E-state index in [9.17, 15) is 0 Å². The molecular weight excluding hydrogens is 296 g/mol. The van der Waals surface area contributed by atoms with Crippen molar-refractivity contribution in [3.63, 3.8) is 0 Å². The summed E-state index contributed by atoms with van der Waals surface area (Å²) in [6.45, 7) is 2.91. The van der Waals surface area contributed by atoms with Crippen molar-refractivity contribution in [1.82, 2.24) is 9.97 Å². The smallest absolute Gasteiger partial charge is 0.222 e. The van der Waals surface area contributed by atoms with E-state index in [2.05, 4.69) is 20.9 Å². The normalized spacial score (nSPS) is 19.0. The molecule has 5 heteroatoms. The predicted molar refractivity (Wildman–Crippen MR) is 91.2 cm³/mol. The molecule has 1 atom stereocenters. The highest BCUT2D eigenvalue weighted by molar-refractivity contribution is 6.31. The van der Waals surface area contributed by atoms with Crippen molar-refractivity contribution in [2.45, 2.75) is 38.6 Å². The van der Waals surface area contributed by atoms with Crippen LogP contribution in [0.1, 0.15) is 43.0 Å². The number of benzene rings is 1. The standard InChI is InChI=1S/C17H21ClN4/c1-12-11-16(21-17(19)20-12)22-10-6-2-3-9-15(22)13-7-4-5-8-14(13)18/h4-5,7-8,11,15H,2-3,6,9-10H2,1H3,(H2,19,20,21)/t15-/m1/s1. The Morgan fingerprint density at radius 1 is 1.18 bits per heavy atom. The van der Waals surface area contributed by atoms with Gasteiger partial charge in [0.25, 0.3) is 0 Å². The van der Waals surface area contributed by atoms with Crippen molar-refractivity contribution < 1.29 is 0 Å². The highest BCUT2D eigenvalue weighted by Crippen LogP contribution is 2.36. The summed E-state index contributed by atoms with van der Waals surface area (Å²) in [6.07, 6.45) is 4.67. The van der Waals surface area contributed by atoms with E-state index < -0.39 is 0 Å². The molecule has 0 bridgehead atoms. The van der Waals surface area contributed by atoms with Crippen LogP contribution in [0.3, 0.4) is 0 Å². The Morgan fingerprint density at radius 2 is 2.00 bits per heavy atom. The van der Waals surface area contributed by atoms with Gasteiger partial charge in [-0.05, 0) is 31.4 Å². The van der Waals surface area contributed by atoms with Crippen molar-refractivity contribution in [1.29, 1.82) is 0 Å². The number of hydrogen-bond donors (Lipinski definition) is 1. The van der Waals surface area contributed by atoms with Crippen LogP contribution in [0.5, 0.6) is 0 Å². The maximum atomic E-state index is 6.44. The van der Waals surface area contributed by atoms with Gasteiger partial charge in [-0.3, -0.25) is 0 Å². The molecule has 3 rings (SSSR count). The second kappa shape index (κ2) is 6.53. The average molecular weight is 317 g/mol. The lowest BCUT2D eigenvalue weighted by molar-refractivity contribution is 0.596. The van der Waals surface area contributed by atoms with Crippen molar-refractivity contribution in [2.24, 2.45) is 0 Å². The number of halogens is 1. The molecule has 0 spiro atoms. The van der Waals surface area contributed by atoms with Gasteiger partial charge in [-0.1, -0.05) is 42.6 Å². The van der Waals surface area contributed by atoms with E-state index >= 15 is 0 Å². The number of nitrogens with zero attached hydrogens (tertiary/aromatic N) is 3. The average Bonchev–Trinajstić information content (AvgIpc) is 2.72. The lowest BCUT2D eigenvalue weighted by atomic mass is 10.0. The molecule has 2 aromatic rings. The summed E-state index contributed by atoms with van der Waals surface area (Å²) in [4.78, 5) is 11.0. The fourth-order valence-electron chi connectivity index (χ4n) is 3.17. The van der Waals surface area contributed by atoms with Gasteiger partial charge in [0.2, 0.25) is 5.95 Å². The second-order valence-corrected chi connectivity index (χ2v) is 6.21. The number of rotatable bonds is 2. The predicted octanol–water partition coefficient (Wildman–Crippen LogP) is 4.14. The van der Waals surface area contributed by atoms with Gasteiger partial charge in [-0.15, -0.1) is 0 Å². The molecule has 1 aliphatic rings. The van der Waals surface area contributed by atoms with E-state index in [1.165, 1.54) is 18.4 Å². The summed E-state index contributed by atoms with van der Waals surface area (Å²) < 4.78 is 0. The van der Waals surface area contributed by atoms with Crippen LogP contribution in [-0.2, 0) is 0 Å². The SMILES string of the molecule is Cc1cc(N2CCCCC[C@@H]2c2ccccc2Cl)nc(N)n1. The maximum Gasteiger partial charge on any atom is 0.222 e. The third-order valence-electron chi connectivity index (χ3n) is 4.17. The molecule has 2 N–H and O–H groups in total. The molecule has 116 valence electrons. The summed E-state index contributed by atoms with van der Waals surface area (Å²) >= 11 is 6.44. The van der Waals surface area contributed by atoms with Gasteiger partial charge < -0.3 is 10.6 Å². The zero-order chi connectivity index (χ0) is 15.5. The van der Waals surface area contributed by atoms with E-state index in [0.29, 0.717) is 5.95 Å². The zero-order valence-corrected chi connectivity index (χ0v) is 13.6. The lowest BCUT2D eigenvalue weighted by Crippen LogP contribution is -2.29. The van der Waals surface area contributed by atoms with Crippen LogP contribution in [-0.4, -0.2) is 16.5 Å². The number of nitrogen functional groups attached to an aromatic ring is 1. The van der Waals surface area contributed by atoms with Crippen molar-refractivity contribution in [3.8, 4) is 0 Å². The third kappa shape index (κ3) is 3.17. The van der Waals surface area contributed by atoms with Crippen molar-refractivity contribution in [3.05, 3.63) is 46.6 Å². The number of aromatic nitrogens is 2. The molecule has 0 amide bonds. The van der Waals surface area contributed by atoms with E-state index in [1.807, 2.05) is 31.2 Å². The van der Waals surface area contributed by atoms with Gasteiger partial charge in [0.15, 0.2) is 0 Å². The molecule has 22 heavy (non-hydrogen) atoms. The second-order valence-electron chi connectivity index (χ2n) is 5.81. The van der Waals surface area contributed by atoms with Crippen LogP contribution < -0.4 is 10.6 Å². The summed E-state index contributed by atoms with van der Waals surface area (Å²) in [5, 5.41) is 0.818. The molecule has 1 aliphatic heterocycles. The Kier molecular flexibility index (Phi) is 4.48. The number of aryl methyl sites for hydroxylation is 1. The highest BCUT2D eigenvalue weighted by Gasteiger charge is 2.25. The molecule has 0 aliphatic carbocycles. The molecule has 1 aromatic carbocycles. The van der Waals surface area contributed by atoms with Gasteiger partial charge in [-0.25, -0.2) is 4.98 Å². The summed E-state index contributed by atoms with van der Waals surface area (Å²) in [7, 11) is 0. The Morgan fingerprint density at radius 3 is 2.77 bits per heavy atom. The quantitative estimate of drug-likeness (QED) is 0.904. The van der Waals surface area contributed by atoms with Crippen LogP contribution in [0.15, 0.2) is 30.3 Å². The van der Waals surface area contributed by atoms with Gasteiger partial charge >= 0.3 is 0 Å². The molecule has 2 heterocycles. The Bertz CT molecular complexity index is 639. The van der Waals surface area contributed by atoms with Gasteiger partial charge in [0, 0.05) is 23.3 Å². The molecule has 4 nitrogen and oxygen atoms in total. The summed E-state index contributed by atoms with van der Waals surface area (Å²) in [6, 6.07) is 10.3. The number of hydrogen-bond acceptors (Lipinski definition) is 4. The summed E-state index contributed by atoms with van der Waals surface area (Å²) in [5.74, 6) is 1.23. The third-order valence-corrected chi connectivity index (χ3v) is 4.51. The summed E-state index contributed by atoms with van der Waals surface area (Å²) in [5.41, 5.74) is 7.90. The molecular formula is C17H21ClN4. The Labute approximate surface area is 136 Å². The maximum absolute atomic E-state index is 6.44. The molecule has 0 saturated carbocycles. The zero-order valence-electron chi connectivity index (χ0n) is 12.8. The van der Waals surface area contributed by atoms with Crippen LogP contribution in [0, 0.1) is 6.92 Å². The molecule has 1 fully saturated rings. The van der Waals surface area contributed by atoms with Crippen LogP contribution >= 0.6 is 11.6 Å². The van der Waals surface area contributed by atoms with Crippen LogP contribution in [0.4, 0.5) is 11.8 Å². The highest BCUT2D eigenvalue weighted by atomic mass is 35.5. The lowest BCUT2D eigenvalue weighted by Gasteiger charge is -2.32. The van der Waals surface area contributed by atoms with Gasteiger partial charge in [0.1, 0.15) is 5.82 Å². The first-order valence-corrected chi connectivity index (χ1v) is 8.15. The van der Waals surface area contributed by atoms with E-state index in [0.717, 1.165) is 35.9 Å². The minimum Gasteiger partial charge on any atom is -0.368 e. The minimum absolute atomic E-state index is 0.241. The van der Waals surface area contributed by atoms with E-state index in [1.54, 1.807) is 0 Å². The van der Waals surface area contributed by atoms with Crippen molar-refractivity contribution in [2.75, 3.05) is 17.2 Å². The molecule has 0 radical (unpaired) electrons. The number of anilines is 2. The van der Waals surface area contributed by atoms with Crippen LogP contribution in [0.25, 0.3) is 0 Å².